The summed E-state index contributed by atoms with van der Waals surface area (Å²) in [7, 11) is -3.47. The van der Waals surface area contributed by atoms with Crippen LogP contribution in [0.15, 0.2) is 29.2 Å². The second-order valence-electron chi connectivity index (χ2n) is 5.32. The molecule has 1 aromatic heterocycles. The lowest BCUT2D eigenvalue weighted by Crippen LogP contribution is -2.15. The number of nitrogens with zero attached hydrogens (tertiary/aromatic N) is 2. The predicted molar refractivity (Wildman–Crippen MR) is 86.0 cm³/mol. The molecule has 0 aliphatic rings. The number of nitrogens with one attached hydrogen (secondary N) is 1. The molecule has 1 heterocycles. The van der Waals surface area contributed by atoms with E-state index in [1.165, 1.54) is 23.5 Å². The number of hydrogen-bond acceptors (Lipinski definition) is 6. The van der Waals surface area contributed by atoms with E-state index >= 15 is 0 Å². The van der Waals surface area contributed by atoms with Gasteiger partial charge in [-0.2, -0.15) is 0 Å². The van der Waals surface area contributed by atoms with Crippen LogP contribution in [0.2, 0.25) is 0 Å². The second kappa shape index (κ2) is 6.53. The summed E-state index contributed by atoms with van der Waals surface area (Å²) in [5.41, 5.74) is 0.102. The lowest BCUT2D eigenvalue weighted by Gasteiger charge is -2.06. The first-order valence-electron chi connectivity index (χ1n) is 6.70. The Morgan fingerprint density at radius 1 is 1.27 bits per heavy atom. The minimum atomic E-state index is -3.47. The van der Waals surface area contributed by atoms with Gasteiger partial charge < -0.3 is 0 Å². The molecule has 1 amide bonds. The van der Waals surface area contributed by atoms with Crippen molar-refractivity contribution in [1.29, 1.82) is 0 Å². The maximum absolute atomic E-state index is 12.3. The van der Waals surface area contributed by atoms with Crippen LogP contribution in [-0.2, 0) is 16.3 Å². The number of hydrogen-bond donors (Lipinski definition) is 1. The molecule has 22 heavy (non-hydrogen) atoms. The third-order valence-corrected chi connectivity index (χ3v) is 4.82. The fourth-order valence-electron chi connectivity index (χ4n) is 1.88. The zero-order chi connectivity index (χ0) is 16.3. The Balaban J connectivity index is 2.22. The molecular weight excluding hydrogens is 322 g/mol. The normalized spacial score (nSPS) is 11.6. The maximum Gasteiger partial charge on any atom is 0.258 e. The lowest BCUT2D eigenvalue weighted by atomic mass is 10.1. The minimum Gasteiger partial charge on any atom is -0.296 e. The van der Waals surface area contributed by atoms with Crippen LogP contribution in [0.5, 0.6) is 0 Å². The van der Waals surface area contributed by atoms with E-state index < -0.39 is 15.7 Å². The topological polar surface area (TPSA) is 89.0 Å². The molecule has 0 fully saturated rings. The van der Waals surface area contributed by atoms with Crippen LogP contribution < -0.4 is 5.32 Å². The number of aromatic nitrogens is 2. The van der Waals surface area contributed by atoms with Gasteiger partial charge in [-0.1, -0.05) is 37.3 Å². The van der Waals surface area contributed by atoms with E-state index in [-0.39, 0.29) is 10.5 Å². The first-order valence-corrected chi connectivity index (χ1v) is 9.41. The van der Waals surface area contributed by atoms with Crippen LogP contribution in [0.3, 0.4) is 0 Å². The number of carbonyl (C=O) groups is 1. The van der Waals surface area contributed by atoms with E-state index in [1.54, 1.807) is 12.1 Å². The third-order valence-electron chi connectivity index (χ3n) is 2.80. The summed E-state index contributed by atoms with van der Waals surface area (Å²) in [6, 6.07) is 6.09. The van der Waals surface area contributed by atoms with E-state index in [2.05, 4.69) is 29.4 Å². The second-order valence-corrected chi connectivity index (χ2v) is 8.37. The van der Waals surface area contributed by atoms with E-state index in [1.807, 2.05) is 0 Å². The molecule has 0 radical (unpaired) electrons. The van der Waals surface area contributed by atoms with Gasteiger partial charge in [0, 0.05) is 12.7 Å². The Morgan fingerprint density at radius 3 is 2.59 bits per heavy atom. The molecule has 0 atom stereocenters. The molecule has 6 nitrogen and oxygen atoms in total. The Hall–Kier alpha value is -1.80. The van der Waals surface area contributed by atoms with Gasteiger partial charge in [-0.15, -0.1) is 10.2 Å². The number of benzene rings is 1. The maximum atomic E-state index is 12.3. The molecule has 0 saturated heterocycles. The van der Waals surface area contributed by atoms with Crippen molar-refractivity contribution < 1.29 is 13.2 Å². The van der Waals surface area contributed by atoms with Crippen molar-refractivity contribution in [3.8, 4) is 0 Å². The van der Waals surface area contributed by atoms with E-state index in [0.29, 0.717) is 11.0 Å². The van der Waals surface area contributed by atoms with Gasteiger partial charge in [0.05, 0.1) is 10.5 Å². The SMILES string of the molecule is CC(C)Cc1nnc(NC(=O)c2ccccc2S(C)(=O)=O)s1. The number of sulfone groups is 1. The number of anilines is 1. The molecule has 0 aliphatic heterocycles. The zero-order valence-electron chi connectivity index (χ0n) is 12.5. The molecule has 2 aromatic rings. The minimum absolute atomic E-state index is 0.000538. The third kappa shape index (κ3) is 4.11. The van der Waals surface area contributed by atoms with Gasteiger partial charge in [-0.3, -0.25) is 10.1 Å². The zero-order valence-corrected chi connectivity index (χ0v) is 14.2. The van der Waals surface area contributed by atoms with Gasteiger partial charge in [-0.05, 0) is 18.1 Å². The highest BCUT2D eigenvalue weighted by Gasteiger charge is 2.19. The van der Waals surface area contributed by atoms with E-state index in [9.17, 15) is 13.2 Å². The first kappa shape index (κ1) is 16.6. The molecule has 8 heteroatoms. The Labute approximate surface area is 133 Å². The van der Waals surface area contributed by atoms with Crippen molar-refractivity contribution in [3.05, 3.63) is 34.8 Å². The summed E-state index contributed by atoms with van der Waals surface area (Å²) >= 11 is 1.29. The smallest absolute Gasteiger partial charge is 0.258 e. The van der Waals surface area contributed by atoms with Crippen LogP contribution in [0.4, 0.5) is 5.13 Å². The molecule has 0 saturated carbocycles. The highest BCUT2D eigenvalue weighted by atomic mass is 32.2. The van der Waals surface area contributed by atoms with Gasteiger partial charge >= 0.3 is 0 Å². The number of rotatable bonds is 5. The van der Waals surface area contributed by atoms with E-state index in [4.69, 9.17) is 0 Å². The summed E-state index contributed by atoms with van der Waals surface area (Å²) in [5.74, 6) is -0.0595. The van der Waals surface area contributed by atoms with Crippen molar-refractivity contribution >= 4 is 32.2 Å². The molecule has 0 aliphatic carbocycles. The Bertz CT molecular complexity index is 782. The summed E-state index contributed by atoms with van der Waals surface area (Å²) in [6.45, 7) is 4.14. The Kier molecular flexibility index (Phi) is 4.92. The molecule has 2 rings (SSSR count). The molecule has 0 unspecified atom stereocenters. The Morgan fingerprint density at radius 2 is 1.95 bits per heavy atom. The standard InChI is InChI=1S/C14H17N3O3S2/c1-9(2)8-12-16-17-14(21-12)15-13(18)10-6-4-5-7-11(10)22(3,19)20/h4-7,9H,8H2,1-3H3,(H,15,17,18). The monoisotopic (exact) mass is 339 g/mol. The molecule has 118 valence electrons. The van der Waals surface area contributed by atoms with Crippen molar-refractivity contribution in [2.24, 2.45) is 5.92 Å². The van der Waals surface area contributed by atoms with Crippen LogP contribution in [0, 0.1) is 5.92 Å². The molecule has 1 aromatic carbocycles. The summed E-state index contributed by atoms with van der Waals surface area (Å²) in [6.07, 6.45) is 1.86. The van der Waals surface area contributed by atoms with Gasteiger partial charge in [0.1, 0.15) is 5.01 Å². The largest absolute Gasteiger partial charge is 0.296 e. The molecule has 1 N–H and O–H groups in total. The van der Waals surface area contributed by atoms with Gasteiger partial charge in [-0.25, -0.2) is 8.42 Å². The molecular formula is C14H17N3O3S2. The predicted octanol–water partition coefficient (Wildman–Crippen LogP) is 2.39. The van der Waals surface area contributed by atoms with Crippen LogP contribution in [-0.4, -0.2) is 30.8 Å². The quantitative estimate of drug-likeness (QED) is 0.903. The summed E-state index contributed by atoms with van der Waals surface area (Å²) in [5, 5.41) is 11.7. The van der Waals surface area contributed by atoms with Crippen LogP contribution in [0.25, 0.3) is 0 Å². The van der Waals surface area contributed by atoms with Gasteiger partial charge in [0.2, 0.25) is 5.13 Å². The molecule has 0 bridgehead atoms. The van der Waals surface area contributed by atoms with Crippen molar-refractivity contribution in [2.45, 2.75) is 25.2 Å². The molecule has 0 spiro atoms. The highest BCUT2D eigenvalue weighted by Crippen LogP contribution is 2.21. The van der Waals surface area contributed by atoms with Crippen molar-refractivity contribution in [3.63, 3.8) is 0 Å². The average Bonchev–Trinajstić information content (AvgIpc) is 2.84. The van der Waals surface area contributed by atoms with Crippen LogP contribution in [0.1, 0.15) is 29.2 Å². The number of amides is 1. The fraction of sp³-hybridized carbons (Fsp3) is 0.357. The lowest BCUT2D eigenvalue weighted by molar-refractivity contribution is 0.102. The number of carbonyl (C=O) groups excluding carboxylic acids is 1. The summed E-state index contributed by atoms with van der Waals surface area (Å²) < 4.78 is 23.5. The van der Waals surface area contributed by atoms with Crippen LogP contribution >= 0.6 is 11.3 Å². The first-order chi connectivity index (χ1) is 10.3. The van der Waals surface area contributed by atoms with E-state index in [0.717, 1.165) is 17.7 Å². The summed E-state index contributed by atoms with van der Waals surface area (Å²) in [4.78, 5) is 12.3. The fourth-order valence-corrected chi connectivity index (χ4v) is 3.71. The highest BCUT2D eigenvalue weighted by molar-refractivity contribution is 7.90. The van der Waals surface area contributed by atoms with Gasteiger partial charge in [0.15, 0.2) is 9.84 Å². The van der Waals surface area contributed by atoms with Gasteiger partial charge in [0.25, 0.3) is 5.91 Å². The van der Waals surface area contributed by atoms with Crippen molar-refractivity contribution in [2.75, 3.05) is 11.6 Å². The average molecular weight is 339 g/mol. The van der Waals surface area contributed by atoms with Crippen molar-refractivity contribution in [1.82, 2.24) is 10.2 Å².